The van der Waals surface area contributed by atoms with Gasteiger partial charge in [-0.15, -0.1) is 0 Å². The predicted molar refractivity (Wildman–Crippen MR) is 76.7 cm³/mol. The summed E-state index contributed by atoms with van der Waals surface area (Å²) in [5, 5.41) is 5.80. The molecule has 0 atom stereocenters. The van der Waals surface area contributed by atoms with Gasteiger partial charge in [-0.1, -0.05) is 0 Å². The zero-order chi connectivity index (χ0) is 14.5. The molecule has 0 radical (unpaired) electrons. The van der Waals surface area contributed by atoms with Gasteiger partial charge >= 0.3 is 0 Å². The molecule has 110 valence electrons. The van der Waals surface area contributed by atoms with Gasteiger partial charge in [-0.05, 0) is 25.8 Å². The van der Waals surface area contributed by atoms with Gasteiger partial charge in [0.15, 0.2) is 0 Å². The maximum Gasteiger partial charge on any atom is 0.255 e. The van der Waals surface area contributed by atoms with Crippen LogP contribution in [0.25, 0.3) is 0 Å². The standard InChI is InChI=1S/C13H18FN3O2S/c1-2-15-12-11(7-9(14)8-16-12)13(18)17-10-3-5-20(19)6-4-10/h7-8,10H,2-6H2,1H3,(H,15,16)(H,17,18). The summed E-state index contributed by atoms with van der Waals surface area (Å²) in [7, 11) is -0.767. The van der Waals surface area contributed by atoms with Gasteiger partial charge < -0.3 is 10.6 Å². The second kappa shape index (κ2) is 6.78. The number of carbonyl (C=O) groups excluding carboxylic acids is 1. The van der Waals surface area contributed by atoms with Crippen LogP contribution in [0.15, 0.2) is 12.3 Å². The Hall–Kier alpha value is -1.50. The minimum absolute atomic E-state index is 0.00190. The molecule has 7 heteroatoms. The molecule has 1 aliphatic rings. The highest BCUT2D eigenvalue weighted by Gasteiger charge is 2.22. The van der Waals surface area contributed by atoms with E-state index in [-0.39, 0.29) is 17.5 Å². The molecule has 2 rings (SSSR count). The van der Waals surface area contributed by atoms with E-state index in [0.717, 1.165) is 6.20 Å². The highest BCUT2D eigenvalue weighted by atomic mass is 32.2. The number of halogens is 1. The average molecular weight is 299 g/mol. The van der Waals surface area contributed by atoms with Crippen molar-refractivity contribution in [2.24, 2.45) is 0 Å². The Morgan fingerprint density at radius 2 is 2.20 bits per heavy atom. The van der Waals surface area contributed by atoms with Crippen molar-refractivity contribution in [3.8, 4) is 0 Å². The number of hydrogen-bond donors (Lipinski definition) is 2. The lowest BCUT2D eigenvalue weighted by Crippen LogP contribution is -2.39. The van der Waals surface area contributed by atoms with Gasteiger partial charge in [-0.25, -0.2) is 9.37 Å². The average Bonchev–Trinajstić information content (AvgIpc) is 2.43. The highest BCUT2D eigenvalue weighted by Crippen LogP contribution is 2.15. The molecule has 0 aromatic carbocycles. The first kappa shape index (κ1) is 14.9. The second-order valence-corrected chi connectivity index (χ2v) is 6.37. The highest BCUT2D eigenvalue weighted by molar-refractivity contribution is 7.85. The first-order valence-corrected chi connectivity index (χ1v) is 8.14. The molecule has 1 aromatic rings. The van der Waals surface area contributed by atoms with Crippen LogP contribution in [-0.4, -0.2) is 39.2 Å². The molecule has 1 aliphatic heterocycles. The summed E-state index contributed by atoms with van der Waals surface area (Å²) < 4.78 is 24.5. The van der Waals surface area contributed by atoms with Gasteiger partial charge in [-0.2, -0.15) is 0 Å². The number of rotatable bonds is 4. The molecule has 1 saturated heterocycles. The molecule has 5 nitrogen and oxygen atoms in total. The van der Waals surface area contributed by atoms with Crippen LogP contribution in [0.3, 0.4) is 0 Å². The Morgan fingerprint density at radius 1 is 1.50 bits per heavy atom. The number of carbonyl (C=O) groups is 1. The number of pyridine rings is 1. The van der Waals surface area contributed by atoms with Gasteiger partial charge in [-0.3, -0.25) is 9.00 Å². The summed E-state index contributed by atoms with van der Waals surface area (Å²) in [6.45, 7) is 2.48. The van der Waals surface area contributed by atoms with Gasteiger partial charge in [0.25, 0.3) is 5.91 Å². The van der Waals surface area contributed by atoms with Crippen molar-refractivity contribution >= 4 is 22.5 Å². The Bertz CT molecular complexity index is 514. The Morgan fingerprint density at radius 3 is 2.85 bits per heavy atom. The van der Waals surface area contributed by atoms with Crippen molar-refractivity contribution in [2.75, 3.05) is 23.4 Å². The predicted octanol–water partition coefficient (Wildman–Crippen LogP) is 1.29. The van der Waals surface area contributed by atoms with Crippen LogP contribution in [0.1, 0.15) is 30.1 Å². The molecule has 1 aromatic heterocycles. The summed E-state index contributed by atoms with van der Waals surface area (Å²) in [5.74, 6) is 0.705. The largest absolute Gasteiger partial charge is 0.370 e. The third-order valence-corrected chi connectivity index (χ3v) is 4.55. The summed E-state index contributed by atoms with van der Waals surface area (Å²) in [6, 6.07) is 1.18. The number of amides is 1. The zero-order valence-corrected chi connectivity index (χ0v) is 12.1. The SMILES string of the molecule is CCNc1ncc(F)cc1C(=O)NC1CCS(=O)CC1. The molecule has 1 amide bonds. The van der Waals surface area contributed by atoms with Crippen LogP contribution in [0.4, 0.5) is 10.2 Å². The Balaban J connectivity index is 2.08. The minimum Gasteiger partial charge on any atom is -0.370 e. The van der Waals surface area contributed by atoms with Crippen LogP contribution >= 0.6 is 0 Å². The van der Waals surface area contributed by atoms with Crippen LogP contribution in [0.5, 0.6) is 0 Å². The molecule has 2 heterocycles. The van der Waals surface area contributed by atoms with Crippen LogP contribution in [0, 0.1) is 5.82 Å². The van der Waals surface area contributed by atoms with E-state index >= 15 is 0 Å². The van der Waals surface area contributed by atoms with Crippen LogP contribution in [-0.2, 0) is 10.8 Å². The van der Waals surface area contributed by atoms with E-state index in [1.807, 2.05) is 6.92 Å². The molecule has 0 saturated carbocycles. The summed E-state index contributed by atoms with van der Waals surface area (Å²) in [6.07, 6.45) is 2.47. The normalized spacial score (nSPS) is 22.3. The molecule has 0 bridgehead atoms. The lowest BCUT2D eigenvalue weighted by atomic mass is 10.1. The fourth-order valence-corrected chi connectivity index (χ4v) is 3.42. The lowest BCUT2D eigenvalue weighted by Gasteiger charge is -2.23. The van der Waals surface area contributed by atoms with Crippen molar-refractivity contribution in [1.29, 1.82) is 0 Å². The topological polar surface area (TPSA) is 71.1 Å². The third-order valence-electron chi connectivity index (χ3n) is 3.17. The van der Waals surface area contributed by atoms with Gasteiger partial charge in [0.1, 0.15) is 11.6 Å². The molecule has 0 aliphatic carbocycles. The molecular weight excluding hydrogens is 281 g/mol. The fraction of sp³-hybridized carbons (Fsp3) is 0.538. The first-order chi connectivity index (χ1) is 9.60. The van der Waals surface area contributed by atoms with Crippen molar-refractivity contribution in [3.63, 3.8) is 0 Å². The van der Waals surface area contributed by atoms with Crippen molar-refractivity contribution < 1.29 is 13.4 Å². The second-order valence-electron chi connectivity index (χ2n) is 4.68. The Labute approximate surface area is 119 Å². The van der Waals surface area contributed by atoms with E-state index in [1.54, 1.807) is 0 Å². The monoisotopic (exact) mass is 299 g/mol. The number of anilines is 1. The molecule has 0 spiro atoms. The van der Waals surface area contributed by atoms with E-state index < -0.39 is 16.6 Å². The molecule has 20 heavy (non-hydrogen) atoms. The minimum atomic E-state index is -0.767. The van der Waals surface area contributed by atoms with Gasteiger partial charge in [0.2, 0.25) is 0 Å². The maximum absolute atomic E-state index is 13.3. The maximum atomic E-state index is 13.3. The molecule has 1 fully saturated rings. The van der Waals surface area contributed by atoms with Crippen LogP contribution in [0.2, 0.25) is 0 Å². The smallest absolute Gasteiger partial charge is 0.255 e. The van der Waals surface area contributed by atoms with Crippen molar-refractivity contribution in [2.45, 2.75) is 25.8 Å². The lowest BCUT2D eigenvalue weighted by molar-refractivity contribution is 0.0934. The first-order valence-electron chi connectivity index (χ1n) is 6.65. The van der Waals surface area contributed by atoms with E-state index in [0.29, 0.717) is 36.7 Å². The van der Waals surface area contributed by atoms with E-state index in [2.05, 4.69) is 15.6 Å². The quantitative estimate of drug-likeness (QED) is 0.879. The zero-order valence-electron chi connectivity index (χ0n) is 11.3. The fourth-order valence-electron chi connectivity index (χ4n) is 2.12. The Kier molecular flexibility index (Phi) is 5.05. The molecule has 0 unspecified atom stereocenters. The number of nitrogens with zero attached hydrogens (tertiary/aromatic N) is 1. The summed E-state index contributed by atoms with van der Waals surface area (Å²) in [4.78, 5) is 16.1. The molecular formula is C13H18FN3O2S. The summed E-state index contributed by atoms with van der Waals surface area (Å²) >= 11 is 0. The van der Waals surface area contributed by atoms with Gasteiger partial charge in [0.05, 0.1) is 11.8 Å². The van der Waals surface area contributed by atoms with Crippen LogP contribution < -0.4 is 10.6 Å². The summed E-state index contributed by atoms with van der Waals surface area (Å²) in [5.41, 5.74) is 0.207. The van der Waals surface area contributed by atoms with E-state index in [1.165, 1.54) is 6.07 Å². The van der Waals surface area contributed by atoms with Crippen molar-refractivity contribution in [1.82, 2.24) is 10.3 Å². The molecule has 2 N–H and O–H groups in total. The number of nitrogens with one attached hydrogen (secondary N) is 2. The third kappa shape index (κ3) is 3.75. The van der Waals surface area contributed by atoms with Crippen molar-refractivity contribution in [3.05, 3.63) is 23.6 Å². The number of aromatic nitrogens is 1. The number of hydrogen-bond acceptors (Lipinski definition) is 4. The van der Waals surface area contributed by atoms with E-state index in [4.69, 9.17) is 0 Å². The van der Waals surface area contributed by atoms with E-state index in [9.17, 15) is 13.4 Å². The van der Waals surface area contributed by atoms with Gasteiger partial charge in [0, 0.05) is 34.9 Å².